The zero-order valence-corrected chi connectivity index (χ0v) is 15.0. The van der Waals surface area contributed by atoms with Gasteiger partial charge in [0.15, 0.2) is 6.61 Å². The van der Waals surface area contributed by atoms with E-state index in [1.807, 2.05) is 13.0 Å². The van der Waals surface area contributed by atoms with Gasteiger partial charge in [-0.1, -0.05) is 18.2 Å². The van der Waals surface area contributed by atoms with Crippen molar-refractivity contribution in [3.63, 3.8) is 0 Å². The van der Waals surface area contributed by atoms with Crippen molar-refractivity contribution in [2.24, 2.45) is 0 Å². The summed E-state index contributed by atoms with van der Waals surface area (Å²) in [4.78, 5) is 50.9. The second-order valence-corrected chi connectivity index (χ2v) is 7.22. The molecular weight excluding hydrogens is 354 g/mol. The van der Waals surface area contributed by atoms with Crippen molar-refractivity contribution in [1.29, 1.82) is 0 Å². The molecule has 134 valence electrons. The van der Waals surface area contributed by atoms with Crippen molar-refractivity contribution in [2.45, 2.75) is 19.8 Å². The Morgan fingerprint density at radius 1 is 1.15 bits per heavy atom. The number of imide groups is 1. The SMILES string of the molecule is Cc1ccc(C(=O)COC(=O)CCN2C(=O)Cc3ccccc3C2=O)s1. The monoisotopic (exact) mass is 371 g/mol. The summed E-state index contributed by atoms with van der Waals surface area (Å²) < 4.78 is 4.97. The van der Waals surface area contributed by atoms with E-state index in [2.05, 4.69) is 0 Å². The first kappa shape index (κ1) is 18.0. The number of esters is 1. The molecule has 3 rings (SSSR count). The number of benzene rings is 1. The summed E-state index contributed by atoms with van der Waals surface area (Å²) in [5, 5.41) is 0. The maximum absolute atomic E-state index is 12.4. The topological polar surface area (TPSA) is 80.8 Å². The Morgan fingerprint density at radius 3 is 2.65 bits per heavy atom. The van der Waals surface area contributed by atoms with E-state index < -0.39 is 11.9 Å². The first-order valence-corrected chi connectivity index (χ1v) is 8.95. The lowest BCUT2D eigenvalue weighted by Gasteiger charge is -2.26. The number of ketones is 1. The number of hydrogen-bond acceptors (Lipinski definition) is 6. The van der Waals surface area contributed by atoms with Gasteiger partial charge >= 0.3 is 5.97 Å². The van der Waals surface area contributed by atoms with Crippen LogP contribution in [0.1, 0.15) is 36.9 Å². The van der Waals surface area contributed by atoms with Crippen LogP contribution in [0.2, 0.25) is 0 Å². The molecule has 0 spiro atoms. The Hall–Kier alpha value is -2.80. The predicted octanol–water partition coefficient (Wildman–Crippen LogP) is 2.40. The largest absolute Gasteiger partial charge is 0.457 e. The normalized spacial score (nSPS) is 13.5. The molecule has 0 unspecified atom stereocenters. The zero-order chi connectivity index (χ0) is 18.7. The Kier molecular flexibility index (Phi) is 5.27. The molecular formula is C19H17NO5S. The van der Waals surface area contributed by atoms with Crippen molar-refractivity contribution in [2.75, 3.05) is 13.2 Å². The van der Waals surface area contributed by atoms with Crippen LogP contribution in [0.4, 0.5) is 0 Å². The molecule has 1 aliphatic rings. The van der Waals surface area contributed by atoms with E-state index in [0.29, 0.717) is 16.0 Å². The van der Waals surface area contributed by atoms with Gasteiger partial charge in [0.2, 0.25) is 11.7 Å². The van der Waals surface area contributed by atoms with Gasteiger partial charge in [-0.3, -0.25) is 24.1 Å². The number of hydrogen-bond donors (Lipinski definition) is 0. The smallest absolute Gasteiger partial charge is 0.308 e. The van der Waals surface area contributed by atoms with Gasteiger partial charge in [-0.25, -0.2) is 0 Å². The number of rotatable bonds is 6. The van der Waals surface area contributed by atoms with Crippen LogP contribution in [0, 0.1) is 6.92 Å². The standard InChI is InChI=1S/C19H17NO5S/c1-12-6-7-16(26-12)15(21)11-25-18(23)8-9-20-17(22)10-13-4-2-3-5-14(13)19(20)24/h2-7H,8-11H2,1H3. The third-order valence-electron chi connectivity index (χ3n) is 4.05. The molecule has 1 aromatic carbocycles. The molecule has 1 aliphatic heterocycles. The Balaban J connectivity index is 1.52. The first-order chi connectivity index (χ1) is 12.5. The molecule has 2 aromatic rings. The number of amides is 2. The van der Waals surface area contributed by atoms with Gasteiger partial charge in [0.25, 0.3) is 5.91 Å². The van der Waals surface area contributed by atoms with Crippen LogP contribution in [0.3, 0.4) is 0 Å². The van der Waals surface area contributed by atoms with Crippen molar-refractivity contribution < 1.29 is 23.9 Å². The van der Waals surface area contributed by atoms with Crippen LogP contribution in [0.25, 0.3) is 0 Å². The van der Waals surface area contributed by atoms with Gasteiger partial charge in [0.05, 0.1) is 17.7 Å². The van der Waals surface area contributed by atoms with Crippen molar-refractivity contribution in [3.8, 4) is 0 Å². The average molecular weight is 371 g/mol. The fourth-order valence-electron chi connectivity index (χ4n) is 2.70. The molecule has 7 heteroatoms. The van der Waals surface area contributed by atoms with Gasteiger partial charge in [-0.15, -0.1) is 11.3 Å². The van der Waals surface area contributed by atoms with Crippen LogP contribution in [0.15, 0.2) is 36.4 Å². The van der Waals surface area contributed by atoms with E-state index in [0.717, 1.165) is 9.78 Å². The Morgan fingerprint density at radius 2 is 1.92 bits per heavy atom. The summed E-state index contributed by atoms with van der Waals surface area (Å²) in [6, 6.07) is 10.4. The highest BCUT2D eigenvalue weighted by Crippen LogP contribution is 2.20. The molecule has 26 heavy (non-hydrogen) atoms. The molecule has 6 nitrogen and oxygen atoms in total. The summed E-state index contributed by atoms with van der Waals surface area (Å²) in [6.45, 7) is 1.49. The molecule has 0 bridgehead atoms. The Bertz CT molecular complexity index is 886. The number of ether oxygens (including phenoxy) is 1. The lowest BCUT2D eigenvalue weighted by Crippen LogP contribution is -2.43. The number of carbonyl (C=O) groups is 4. The average Bonchev–Trinajstić information content (AvgIpc) is 3.06. The highest BCUT2D eigenvalue weighted by molar-refractivity contribution is 7.14. The second kappa shape index (κ2) is 7.61. The number of Topliss-reactive ketones (excluding diaryl/α,β-unsaturated/α-hetero) is 1. The highest BCUT2D eigenvalue weighted by Gasteiger charge is 2.30. The van der Waals surface area contributed by atoms with Crippen LogP contribution in [-0.2, 0) is 20.7 Å². The van der Waals surface area contributed by atoms with E-state index in [1.165, 1.54) is 11.3 Å². The quantitative estimate of drug-likeness (QED) is 0.442. The molecule has 0 aliphatic carbocycles. The number of fused-ring (bicyclic) bond motifs is 1. The zero-order valence-electron chi connectivity index (χ0n) is 14.2. The molecule has 2 amide bonds. The molecule has 0 fully saturated rings. The predicted molar refractivity (Wildman–Crippen MR) is 95.2 cm³/mol. The molecule has 0 saturated carbocycles. The van der Waals surface area contributed by atoms with Gasteiger partial charge in [0.1, 0.15) is 0 Å². The fraction of sp³-hybridized carbons (Fsp3) is 0.263. The molecule has 1 aromatic heterocycles. The maximum Gasteiger partial charge on any atom is 0.308 e. The molecule has 0 atom stereocenters. The third kappa shape index (κ3) is 3.88. The minimum absolute atomic E-state index is 0.0584. The van der Waals surface area contributed by atoms with E-state index in [-0.39, 0.29) is 37.7 Å². The lowest BCUT2D eigenvalue weighted by molar-refractivity contribution is -0.143. The van der Waals surface area contributed by atoms with Gasteiger partial charge in [-0.05, 0) is 30.7 Å². The van der Waals surface area contributed by atoms with E-state index in [9.17, 15) is 19.2 Å². The van der Waals surface area contributed by atoms with Crippen molar-refractivity contribution in [1.82, 2.24) is 4.90 Å². The summed E-state index contributed by atoms with van der Waals surface area (Å²) in [5.41, 5.74) is 1.17. The van der Waals surface area contributed by atoms with E-state index in [1.54, 1.807) is 30.3 Å². The van der Waals surface area contributed by atoms with Crippen molar-refractivity contribution >= 4 is 34.9 Å². The number of carbonyl (C=O) groups excluding carboxylic acids is 4. The van der Waals surface area contributed by atoms with Crippen LogP contribution in [-0.4, -0.2) is 41.6 Å². The van der Waals surface area contributed by atoms with E-state index >= 15 is 0 Å². The van der Waals surface area contributed by atoms with Gasteiger partial charge in [0, 0.05) is 17.0 Å². The number of nitrogens with zero attached hydrogens (tertiary/aromatic N) is 1. The lowest BCUT2D eigenvalue weighted by atomic mass is 9.98. The summed E-state index contributed by atoms with van der Waals surface area (Å²) >= 11 is 1.34. The maximum atomic E-state index is 12.4. The van der Waals surface area contributed by atoms with Crippen LogP contribution in [0.5, 0.6) is 0 Å². The van der Waals surface area contributed by atoms with Crippen LogP contribution >= 0.6 is 11.3 Å². The van der Waals surface area contributed by atoms with Gasteiger partial charge in [-0.2, -0.15) is 0 Å². The summed E-state index contributed by atoms with van der Waals surface area (Å²) in [6.07, 6.45) is -0.0103. The van der Waals surface area contributed by atoms with Crippen LogP contribution < -0.4 is 0 Å². The number of aryl methyl sites for hydroxylation is 1. The molecule has 0 saturated heterocycles. The molecule has 0 radical (unpaired) electrons. The number of thiophene rings is 1. The first-order valence-electron chi connectivity index (χ1n) is 8.13. The second-order valence-electron chi connectivity index (χ2n) is 5.93. The minimum atomic E-state index is -0.619. The molecule has 0 N–H and O–H groups in total. The Labute approximate surface area is 154 Å². The summed E-state index contributed by atoms with van der Waals surface area (Å²) in [7, 11) is 0. The minimum Gasteiger partial charge on any atom is -0.457 e. The summed E-state index contributed by atoms with van der Waals surface area (Å²) in [5.74, 6) is -1.64. The van der Waals surface area contributed by atoms with E-state index in [4.69, 9.17) is 4.74 Å². The van der Waals surface area contributed by atoms with Gasteiger partial charge < -0.3 is 4.74 Å². The van der Waals surface area contributed by atoms with Crippen molar-refractivity contribution in [3.05, 3.63) is 57.3 Å². The molecule has 2 heterocycles. The highest BCUT2D eigenvalue weighted by atomic mass is 32.1. The fourth-order valence-corrected chi connectivity index (χ4v) is 3.49. The third-order valence-corrected chi connectivity index (χ3v) is 5.10.